The van der Waals surface area contributed by atoms with Crippen molar-refractivity contribution in [3.63, 3.8) is 0 Å². The zero-order valence-electron chi connectivity index (χ0n) is 11.8. The zero-order valence-corrected chi connectivity index (χ0v) is 14.2. The molecule has 0 aromatic heterocycles. The number of carbonyl (C=O) groups excluding carboxylic acids is 1. The van der Waals surface area contributed by atoms with E-state index in [0.29, 0.717) is 20.7 Å². The number of halogens is 2. The summed E-state index contributed by atoms with van der Waals surface area (Å²) < 4.78 is 5.98. The van der Waals surface area contributed by atoms with Gasteiger partial charge in [0.2, 0.25) is 0 Å². The first-order chi connectivity index (χ1) is 9.60. The molecule has 0 aliphatic carbocycles. The molecular formula is C14H15BrClNO4. The van der Waals surface area contributed by atoms with E-state index in [-0.39, 0.29) is 6.42 Å². The first-order valence-electron chi connectivity index (χ1n) is 6.33. The third-order valence-electron chi connectivity index (χ3n) is 2.98. The van der Waals surface area contributed by atoms with Crippen LogP contribution < -0.4 is 4.90 Å². The standard InChI is InChI=1S/C14H15BrClNO4/c1-14(2,3)21-13(20)17-10-5-7(15)4-9(16)8(10)6-11(17)12(18)19/h4-5,11H,6H2,1-3H3,(H,18,19). The van der Waals surface area contributed by atoms with Crippen molar-refractivity contribution in [3.8, 4) is 0 Å². The number of fused-ring (bicyclic) bond motifs is 1. The first-order valence-corrected chi connectivity index (χ1v) is 7.50. The van der Waals surface area contributed by atoms with Crippen molar-refractivity contribution in [2.75, 3.05) is 4.90 Å². The Morgan fingerprint density at radius 1 is 1.43 bits per heavy atom. The Hall–Kier alpha value is -1.27. The Kier molecular flexibility index (Phi) is 4.22. The van der Waals surface area contributed by atoms with Crippen molar-refractivity contribution in [1.82, 2.24) is 0 Å². The summed E-state index contributed by atoms with van der Waals surface area (Å²) in [4.78, 5) is 24.9. The van der Waals surface area contributed by atoms with Gasteiger partial charge in [-0.3, -0.25) is 4.90 Å². The van der Waals surface area contributed by atoms with Crippen LogP contribution in [0.2, 0.25) is 5.02 Å². The van der Waals surface area contributed by atoms with Crippen LogP contribution in [-0.4, -0.2) is 28.8 Å². The number of benzene rings is 1. The Balaban J connectivity index is 2.47. The molecule has 0 saturated heterocycles. The predicted octanol–water partition coefficient (Wildman–Crippen LogP) is 3.85. The van der Waals surface area contributed by atoms with Gasteiger partial charge in [-0.05, 0) is 38.5 Å². The van der Waals surface area contributed by atoms with Crippen molar-refractivity contribution >= 4 is 45.3 Å². The van der Waals surface area contributed by atoms with Crippen LogP contribution >= 0.6 is 27.5 Å². The second-order valence-electron chi connectivity index (χ2n) is 5.79. The second-order valence-corrected chi connectivity index (χ2v) is 7.12. The number of carboxylic acids is 1. The average Bonchev–Trinajstić information content (AvgIpc) is 2.66. The Morgan fingerprint density at radius 3 is 2.57 bits per heavy atom. The smallest absolute Gasteiger partial charge is 0.415 e. The quantitative estimate of drug-likeness (QED) is 0.808. The number of rotatable bonds is 1. The summed E-state index contributed by atoms with van der Waals surface area (Å²) in [7, 11) is 0. The van der Waals surface area contributed by atoms with Gasteiger partial charge in [-0.15, -0.1) is 0 Å². The van der Waals surface area contributed by atoms with E-state index in [9.17, 15) is 14.7 Å². The van der Waals surface area contributed by atoms with Gasteiger partial charge in [0.1, 0.15) is 11.6 Å². The minimum absolute atomic E-state index is 0.163. The molecule has 0 fully saturated rings. The molecule has 114 valence electrons. The number of carboxylic acid groups (broad SMARTS) is 1. The molecule has 1 atom stereocenters. The maximum atomic E-state index is 12.3. The molecule has 0 saturated carbocycles. The summed E-state index contributed by atoms with van der Waals surface area (Å²) in [5.74, 6) is -1.09. The van der Waals surface area contributed by atoms with E-state index in [2.05, 4.69) is 15.9 Å². The molecule has 21 heavy (non-hydrogen) atoms. The molecule has 0 bridgehead atoms. The van der Waals surface area contributed by atoms with Gasteiger partial charge in [0, 0.05) is 15.9 Å². The molecule has 1 aromatic carbocycles. The van der Waals surface area contributed by atoms with E-state index < -0.39 is 23.7 Å². The first kappa shape index (κ1) is 16.1. The molecule has 2 rings (SSSR count). The predicted molar refractivity (Wildman–Crippen MR) is 83.0 cm³/mol. The van der Waals surface area contributed by atoms with E-state index in [0.717, 1.165) is 4.90 Å². The van der Waals surface area contributed by atoms with Gasteiger partial charge in [0.25, 0.3) is 0 Å². The Bertz CT molecular complexity index is 612. The highest BCUT2D eigenvalue weighted by Crippen LogP contribution is 2.40. The zero-order chi connectivity index (χ0) is 15.9. The van der Waals surface area contributed by atoms with Gasteiger partial charge in [0.05, 0.1) is 5.69 Å². The number of anilines is 1. The summed E-state index contributed by atoms with van der Waals surface area (Å²) in [5.41, 5.74) is 0.396. The number of ether oxygens (including phenoxy) is 1. The lowest BCUT2D eigenvalue weighted by atomic mass is 10.1. The van der Waals surface area contributed by atoms with E-state index >= 15 is 0 Å². The lowest BCUT2D eigenvalue weighted by molar-refractivity contribution is -0.138. The number of aliphatic carboxylic acids is 1. The molecule has 1 amide bonds. The molecule has 5 nitrogen and oxygen atoms in total. The normalized spacial score (nSPS) is 17.6. The molecule has 7 heteroatoms. The van der Waals surface area contributed by atoms with Crippen LogP contribution in [0.1, 0.15) is 26.3 Å². The van der Waals surface area contributed by atoms with Crippen molar-refractivity contribution in [1.29, 1.82) is 0 Å². The lowest BCUT2D eigenvalue weighted by Gasteiger charge is -2.27. The van der Waals surface area contributed by atoms with E-state index in [1.807, 2.05) is 0 Å². The highest BCUT2D eigenvalue weighted by atomic mass is 79.9. The van der Waals surface area contributed by atoms with Crippen LogP contribution in [0.25, 0.3) is 0 Å². The fourth-order valence-electron chi connectivity index (χ4n) is 2.19. The molecule has 1 N–H and O–H groups in total. The van der Waals surface area contributed by atoms with Crippen LogP contribution in [-0.2, 0) is 16.0 Å². The molecule has 1 aliphatic rings. The fraction of sp³-hybridized carbons (Fsp3) is 0.429. The summed E-state index contributed by atoms with van der Waals surface area (Å²) in [6.45, 7) is 5.18. The van der Waals surface area contributed by atoms with Crippen LogP contribution in [0, 0.1) is 0 Å². The van der Waals surface area contributed by atoms with E-state index in [1.54, 1.807) is 32.9 Å². The molecular weight excluding hydrogens is 362 g/mol. The fourth-order valence-corrected chi connectivity index (χ4v) is 3.06. The summed E-state index contributed by atoms with van der Waals surface area (Å²) in [6.07, 6.45) is -0.529. The molecule has 0 spiro atoms. The second kappa shape index (κ2) is 5.50. The van der Waals surface area contributed by atoms with Crippen LogP contribution in [0.15, 0.2) is 16.6 Å². The van der Waals surface area contributed by atoms with Crippen LogP contribution in [0.4, 0.5) is 10.5 Å². The molecule has 0 radical (unpaired) electrons. The third kappa shape index (κ3) is 3.32. The van der Waals surface area contributed by atoms with Crippen molar-refractivity contribution in [2.45, 2.75) is 38.8 Å². The van der Waals surface area contributed by atoms with E-state index in [1.165, 1.54) is 0 Å². The number of amides is 1. The highest BCUT2D eigenvalue weighted by Gasteiger charge is 2.41. The Morgan fingerprint density at radius 2 is 2.05 bits per heavy atom. The van der Waals surface area contributed by atoms with Gasteiger partial charge in [-0.2, -0.15) is 0 Å². The minimum Gasteiger partial charge on any atom is -0.480 e. The largest absolute Gasteiger partial charge is 0.480 e. The van der Waals surface area contributed by atoms with Crippen molar-refractivity contribution in [2.24, 2.45) is 0 Å². The summed E-state index contributed by atoms with van der Waals surface area (Å²) in [5, 5.41) is 9.79. The van der Waals surface area contributed by atoms with Gasteiger partial charge < -0.3 is 9.84 Å². The van der Waals surface area contributed by atoms with E-state index in [4.69, 9.17) is 16.3 Å². The monoisotopic (exact) mass is 375 g/mol. The maximum Gasteiger partial charge on any atom is 0.415 e. The highest BCUT2D eigenvalue weighted by molar-refractivity contribution is 9.10. The molecule has 1 aromatic rings. The lowest BCUT2D eigenvalue weighted by Crippen LogP contribution is -2.45. The summed E-state index contributed by atoms with van der Waals surface area (Å²) >= 11 is 9.45. The SMILES string of the molecule is CC(C)(C)OC(=O)N1c2cc(Br)cc(Cl)c2CC1C(=O)O. The molecule has 1 aliphatic heterocycles. The van der Waals surface area contributed by atoms with Crippen molar-refractivity contribution in [3.05, 3.63) is 27.2 Å². The molecule has 1 unspecified atom stereocenters. The minimum atomic E-state index is -1.09. The van der Waals surface area contributed by atoms with Gasteiger partial charge in [0.15, 0.2) is 0 Å². The number of hydrogen-bond donors (Lipinski definition) is 1. The van der Waals surface area contributed by atoms with Gasteiger partial charge >= 0.3 is 12.1 Å². The average molecular weight is 377 g/mol. The number of nitrogens with zero attached hydrogens (tertiary/aromatic N) is 1. The maximum absolute atomic E-state index is 12.3. The van der Waals surface area contributed by atoms with Gasteiger partial charge in [-0.1, -0.05) is 27.5 Å². The Labute approximate surface area is 136 Å². The number of carbonyl (C=O) groups is 2. The number of hydrogen-bond acceptors (Lipinski definition) is 3. The summed E-state index contributed by atoms with van der Waals surface area (Å²) in [6, 6.07) is 2.34. The van der Waals surface area contributed by atoms with Crippen LogP contribution in [0.3, 0.4) is 0 Å². The van der Waals surface area contributed by atoms with Crippen LogP contribution in [0.5, 0.6) is 0 Å². The third-order valence-corrected chi connectivity index (χ3v) is 3.78. The van der Waals surface area contributed by atoms with Crippen molar-refractivity contribution < 1.29 is 19.4 Å². The van der Waals surface area contributed by atoms with Gasteiger partial charge in [-0.25, -0.2) is 9.59 Å². The molecule has 1 heterocycles. The topological polar surface area (TPSA) is 66.8 Å².